The van der Waals surface area contributed by atoms with Crippen LogP contribution in [0.4, 0.5) is 0 Å². The van der Waals surface area contributed by atoms with Crippen LogP contribution in [0, 0.1) is 0 Å². The highest BCUT2D eigenvalue weighted by Gasteiger charge is 1.92. The molecule has 0 aliphatic heterocycles. The number of aromatic nitrogens is 2. The van der Waals surface area contributed by atoms with Crippen LogP contribution in [0.25, 0.3) is 0 Å². The van der Waals surface area contributed by atoms with E-state index in [4.69, 9.17) is 15.1 Å². The third kappa shape index (κ3) is 11.0. The summed E-state index contributed by atoms with van der Waals surface area (Å²) in [7, 11) is -2.17. The van der Waals surface area contributed by atoms with Gasteiger partial charge in [-0.05, 0) is 0 Å². The number of imidazole rings is 1. The summed E-state index contributed by atoms with van der Waals surface area (Å²) >= 11 is 0. The van der Waals surface area contributed by atoms with Crippen molar-refractivity contribution >= 4 is 7.32 Å². The summed E-state index contributed by atoms with van der Waals surface area (Å²) in [4.78, 5) is 6.42. The highest BCUT2D eigenvalue weighted by molar-refractivity contribution is 6.30. The minimum Gasteiger partial charge on any atom is -0.402 e. The first kappa shape index (κ1) is 8.15. The predicted octanol–water partition coefficient (Wildman–Crippen LogP) is -1.64. The van der Waals surface area contributed by atoms with Crippen molar-refractivity contribution in [1.82, 2.24) is 9.97 Å². The molecule has 0 aromatic carbocycles. The molecule has 0 unspecified atom stereocenters. The number of nitrogens with zero attached hydrogens (tertiary/aromatic N) is 1. The Labute approximate surface area is 52.2 Å². The third-order valence-corrected chi connectivity index (χ3v) is 0.406. The number of rotatable bonds is 0. The van der Waals surface area contributed by atoms with Crippen LogP contribution >= 0.6 is 0 Å². The van der Waals surface area contributed by atoms with Crippen molar-refractivity contribution in [2.75, 3.05) is 0 Å². The Balaban J connectivity index is 0.000000148. The summed E-state index contributed by atoms with van der Waals surface area (Å²) in [6.07, 6.45) is 5.08. The molecule has 4 N–H and O–H groups in total. The first-order valence-electron chi connectivity index (χ1n) is 2.20. The fourth-order valence-electron chi connectivity index (χ4n) is 0.215. The van der Waals surface area contributed by atoms with Crippen molar-refractivity contribution in [2.24, 2.45) is 0 Å². The Kier molecular flexibility index (Phi) is 4.80. The van der Waals surface area contributed by atoms with E-state index in [9.17, 15) is 0 Å². The van der Waals surface area contributed by atoms with Gasteiger partial charge in [0.1, 0.15) is 0 Å². The molecule has 0 fully saturated rings. The lowest BCUT2D eigenvalue weighted by molar-refractivity contribution is 0.278. The van der Waals surface area contributed by atoms with Crippen molar-refractivity contribution in [1.29, 1.82) is 0 Å². The van der Waals surface area contributed by atoms with E-state index < -0.39 is 7.32 Å². The molecule has 1 aromatic heterocycles. The van der Waals surface area contributed by atoms with Gasteiger partial charge in [-0.1, -0.05) is 0 Å². The lowest BCUT2D eigenvalue weighted by Crippen LogP contribution is -2.07. The fraction of sp³-hybridized carbons (Fsp3) is 0. The first-order chi connectivity index (χ1) is 4.23. The average Bonchev–Trinajstić information content (AvgIpc) is 2.11. The van der Waals surface area contributed by atoms with Gasteiger partial charge in [0, 0.05) is 12.4 Å². The van der Waals surface area contributed by atoms with E-state index in [0.717, 1.165) is 0 Å². The number of nitrogens with one attached hydrogen (secondary N) is 1. The molecule has 0 spiro atoms. The molecule has 1 aromatic rings. The maximum absolute atomic E-state index is 7.17. The van der Waals surface area contributed by atoms with Gasteiger partial charge in [0.15, 0.2) is 0 Å². The van der Waals surface area contributed by atoms with Crippen LogP contribution in [0.2, 0.25) is 0 Å². The van der Waals surface area contributed by atoms with E-state index in [1.54, 1.807) is 18.7 Å². The van der Waals surface area contributed by atoms with Crippen LogP contribution in [-0.2, 0) is 0 Å². The lowest BCUT2D eigenvalue weighted by atomic mass is 10.3. The summed E-state index contributed by atoms with van der Waals surface area (Å²) in [5, 5.41) is 21.5. The normalized spacial score (nSPS) is 7.44. The second-order valence-electron chi connectivity index (χ2n) is 1.11. The van der Waals surface area contributed by atoms with Gasteiger partial charge in [-0.3, -0.25) is 0 Å². The minimum atomic E-state index is -2.17. The van der Waals surface area contributed by atoms with Gasteiger partial charge in [-0.15, -0.1) is 0 Å². The van der Waals surface area contributed by atoms with E-state index in [1.165, 1.54) is 0 Å². The topological polar surface area (TPSA) is 89.4 Å². The molecular weight excluding hydrogens is 123 g/mol. The SMILES string of the molecule is OB(O)O.c1c[nH]cn1. The molecule has 1 heterocycles. The van der Waals surface area contributed by atoms with E-state index in [0.29, 0.717) is 0 Å². The van der Waals surface area contributed by atoms with Gasteiger partial charge in [0.2, 0.25) is 0 Å². The third-order valence-electron chi connectivity index (χ3n) is 0.406. The Hall–Kier alpha value is -0.845. The van der Waals surface area contributed by atoms with Crippen molar-refractivity contribution in [3.63, 3.8) is 0 Å². The summed E-state index contributed by atoms with van der Waals surface area (Å²) < 4.78 is 0. The van der Waals surface area contributed by atoms with Crippen LogP contribution in [0.15, 0.2) is 18.7 Å². The Morgan fingerprint density at radius 3 is 2.00 bits per heavy atom. The molecule has 0 radical (unpaired) electrons. The second kappa shape index (κ2) is 5.29. The predicted molar refractivity (Wildman–Crippen MR) is 31.0 cm³/mol. The monoisotopic (exact) mass is 130 g/mol. The Morgan fingerprint density at radius 2 is 1.89 bits per heavy atom. The van der Waals surface area contributed by atoms with Gasteiger partial charge in [0.25, 0.3) is 0 Å². The summed E-state index contributed by atoms with van der Waals surface area (Å²) in [5.74, 6) is 0. The number of aromatic amines is 1. The van der Waals surface area contributed by atoms with Crippen LogP contribution in [0.5, 0.6) is 0 Å². The minimum absolute atomic E-state index is 1.62. The molecule has 50 valence electrons. The van der Waals surface area contributed by atoms with Crippen molar-refractivity contribution in [3.8, 4) is 0 Å². The van der Waals surface area contributed by atoms with Gasteiger partial charge in [-0.2, -0.15) is 0 Å². The highest BCUT2D eigenvalue weighted by atomic mass is 16.5. The van der Waals surface area contributed by atoms with Crippen molar-refractivity contribution in [2.45, 2.75) is 0 Å². The zero-order valence-electron chi connectivity index (χ0n) is 4.60. The molecule has 5 nitrogen and oxygen atoms in total. The van der Waals surface area contributed by atoms with E-state index in [2.05, 4.69) is 9.97 Å². The number of hydrogen-bond donors (Lipinski definition) is 4. The molecule has 0 aliphatic rings. The number of H-pyrrole nitrogens is 1. The van der Waals surface area contributed by atoms with E-state index in [1.807, 2.05) is 0 Å². The lowest BCUT2D eigenvalue weighted by Gasteiger charge is -1.69. The van der Waals surface area contributed by atoms with Crippen molar-refractivity contribution in [3.05, 3.63) is 18.7 Å². The molecule has 0 saturated heterocycles. The largest absolute Gasteiger partial charge is 0.631 e. The molecule has 1 rings (SSSR count). The molecule has 0 amide bonds. The molecular formula is C3H7BN2O3. The van der Waals surface area contributed by atoms with Crippen LogP contribution in [0.3, 0.4) is 0 Å². The zero-order valence-corrected chi connectivity index (χ0v) is 4.60. The van der Waals surface area contributed by atoms with Gasteiger partial charge >= 0.3 is 7.32 Å². The standard InChI is InChI=1S/C3H4N2.BH3O3/c1-2-5-3-4-1;2-1(3)4/h1-3H,(H,4,5);2-4H. The summed E-state index contributed by atoms with van der Waals surface area (Å²) in [6.45, 7) is 0. The van der Waals surface area contributed by atoms with Crippen LogP contribution in [0.1, 0.15) is 0 Å². The maximum atomic E-state index is 7.17. The Bertz CT molecular complexity index is 101. The molecule has 6 heteroatoms. The molecule has 0 bridgehead atoms. The zero-order chi connectivity index (χ0) is 7.11. The van der Waals surface area contributed by atoms with E-state index >= 15 is 0 Å². The number of hydrogen-bond acceptors (Lipinski definition) is 4. The molecule has 0 aliphatic carbocycles. The molecule has 9 heavy (non-hydrogen) atoms. The Morgan fingerprint density at radius 1 is 1.33 bits per heavy atom. The highest BCUT2D eigenvalue weighted by Crippen LogP contribution is 1.62. The van der Waals surface area contributed by atoms with Crippen LogP contribution in [-0.4, -0.2) is 32.4 Å². The average molecular weight is 130 g/mol. The van der Waals surface area contributed by atoms with Gasteiger partial charge in [0.05, 0.1) is 6.33 Å². The van der Waals surface area contributed by atoms with Crippen molar-refractivity contribution < 1.29 is 15.1 Å². The van der Waals surface area contributed by atoms with E-state index in [-0.39, 0.29) is 0 Å². The van der Waals surface area contributed by atoms with Gasteiger partial charge in [-0.25, -0.2) is 4.98 Å². The summed E-state index contributed by atoms with van der Waals surface area (Å²) in [6, 6.07) is 0. The maximum Gasteiger partial charge on any atom is 0.631 e. The molecule has 0 saturated carbocycles. The first-order valence-corrected chi connectivity index (χ1v) is 2.20. The summed E-state index contributed by atoms with van der Waals surface area (Å²) in [5.41, 5.74) is 0. The smallest absolute Gasteiger partial charge is 0.402 e. The quantitative estimate of drug-likeness (QED) is 0.317. The van der Waals surface area contributed by atoms with Crippen LogP contribution < -0.4 is 0 Å². The fourth-order valence-corrected chi connectivity index (χ4v) is 0.215. The van der Waals surface area contributed by atoms with Gasteiger partial charge < -0.3 is 20.1 Å². The molecule has 0 atom stereocenters. The second-order valence-corrected chi connectivity index (χ2v) is 1.11.